The lowest BCUT2D eigenvalue weighted by atomic mass is 10.1. The van der Waals surface area contributed by atoms with Crippen LogP contribution in [0.25, 0.3) is 22.2 Å². The zero-order valence-electron chi connectivity index (χ0n) is 16.2. The topological polar surface area (TPSA) is 84.4 Å². The molecule has 0 saturated carbocycles. The van der Waals surface area contributed by atoms with Gasteiger partial charge in [0.25, 0.3) is 5.91 Å². The number of aromatic amines is 1. The minimum atomic E-state index is -0.160. The molecule has 0 aliphatic carbocycles. The lowest BCUT2D eigenvalue weighted by Gasteiger charge is -2.26. The molecule has 28 heavy (non-hydrogen) atoms. The van der Waals surface area contributed by atoms with Gasteiger partial charge in [0, 0.05) is 55.9 Å². The van der Waals surface area contributed by atoms with Gasteiger partial charge in [0.15, 0.2) is 5.69 Å². The maximum absolute atomic E-state index is 12.5. The van der Waals surface area contributed by atoms with E-state index >= 15 is 0 Å². The van der Waals surface area contributed by atoms with Crippen molar-refractivity contribution in [3.63, 3.8) is 0 Å². The zero-order valence-corrected chi connectivity index (χ0v) is 16.2. The minimum absolute atomic E-state index is 0.160. The van der Waals surface area contributed by atoms with Crippen molar-refractivity contribution >= 4 is 16.8 Å². The van der Waals surface area contributed by atoms with E-state index in [2.05, 4.69) is 20.3 Å². The second-order valence-electron chi connectivity index (χ2n) is 6.86. The molecule has 0 unspecified atom stereocenters. The summed E-state index contributed by atoms with van der Waals surface area (Å²) in [6.45, 7) is 4.74. The lowest BCUT2D eigenvalue weighted by molar-refractivity contribution is 0.0383. The minimum Gasteiger partial charge on any atom is -0.497 e. The Kier molecular flexibility index (Phi) is 5.31. The van der Waals surface area contributed by atoms with Crippen molar-refractivity contribution < 1.29 is 14.3 Å². The summed E-state index contributed by atoms with van der Waals surface area (Å²) in [6, 6.07) is 7.70. The van der Waals surface area contributed by atoms with Gasteiger partial charge in [0.2, 0.25) is 0 Å². The van der Waals surface area contributed by atoms with Crippen LogP contribution in [0.5, 0.6) is 5.75 Å². The number of carbonyl (C=O) groups is 1. The molecule has 8 nitrogen and oxygen atoms in total. The van der Waals surface area contributed by atoms with E-state index in [4.69, 9.17) is 9.47 Å². The van der Waals surface area contributed by atoms with E-state index < -0.39 is 0 Å². The molecule has 1 aliphatic rings. The average molecular weight is 383 g/mol. The Morgan fingerprint density at radius 1 is 1.32 bits per heavy atom. The van der Waals surface area contributed by atoms with Crippen LogP contribution in [-0.2, 0) is 11.8 Å². The van der Waals surface area contributed by atoms with Crippen LogP contribution in [0.4, 0.5) is 0 Å². The molecule has 1 aliphatic heterocycles. The normalized spacial score (nSPS) is 15.1. The molecule has 2 N–H and O–H groups in total. The monoisotopic (exact) mass is 383 g/mol. The molecule has 2 aromatic heterocycles. The number of carbonyl (C=O) groups excluding carboxylic acids is 1. The van der Waals surface area contributed by atoms with Crippen LogP contribution >= 0.6 is 0 Å². The number of amides is 1. The number of H-pyrrole nitrogens is 1. The van der Waals surface area contributed by atoms with Crippen molar-refractivity contribution in [1.82, 2.24) is 25.0 Å². The van der Waals surface area contributed by atoms with Gasteiger partial charge in [0.05, 0.1) is 26.0 Å². The molecule has 8 heteroatoms. The largest absolute Gasteiger partial charge is 0.497 e. The predicted octanol–water partition coefficient (Wildman–Crippen LogP) is 1.64. The first kappa shape index (κ1) is 18.5. The summed E-state index contributed by atoms with van der Waals surface area (Å²) in [7, 11) is 3.50. The number of rotatable bonds is 6. The molecule has 0 bridgehead atoms. The van der Waals surface area contributed by atoms with Gasteiger partial charge in [-0.2, -0.15) is 5.10 Å². The van der Waals surface area contributed by atoms with Crippen LogP contribution in [0, 0.1) is 0 Å². The van der Waals surface area contributed by atoms with Crippen molar-refractivity contribution in [2.24, 2.45) is 7.05 Å². The number of aromatic nitrogens is 3. The number of nitrogens with one attached hydrogen (secondary N) is 2. The standard InChI is InChI=1S/C20H25N5O3/c1-24-19(16-13-22-17-4-3-14(27-2)11-15(16)17)12-18(23-24)20(26)21-5-6-25-7-9-28-10-8-25/h3-4,11-13,22H,5-10H2,1-2H3,(H,21,26). The lowest BCUT2D eigenvalue weighted by Crippen LogP contribution is -2.41. The summed E-state index contributed by atoms with van der Waals surface area (Å²) >= 11 is 0. The van der Waals surface area contributed by atoms with Gasteiger partial charge in [-0.05, 0) is 24.3 Å². The van der Waals surface area contributed by atoms with E-state index in [0.29, 0.717) is 12.2 Å². The quantitative estimate of drug-likeness (QED) is 0.676. The van der Waals surface area contributed by atoms with Gasteiger partial charge >= 0.3 is 0 Å². The smallest absolute Gasteiger partial charge is 0.271 e. The molecular formula is C20H25N5O3. The van der Waals surface area contributed by atoms with E-state index in [1.54, 1.807) is 11.8 Å². The summed E-state index contributed by atoms with van der Waals surface area (Å²) in [6.07, 6.45) is 1.93. The first-order valence-corrected chi connectivity index (χ1v) is 9.43. The third kappa shape index (κ3) is 3.74. The number of methoxy groups -OCH3 is 1. The third-order valence-electron chi connectivity index (χ3n) is 5.09. The van der Waals surface area contributed by atoms with Crippen LogP contribution in [0.2, 0.25) is 0 Å². The van der Waals surface area contributed by atoms with Crippen molar-refractivity contribution in [3.05, 3.63) is 36.2 Å². The van der Waals surface area contributed by atoms with Gasteiger partial charge in [-0.25, -0.2) is 0 Å². The van der Waals surface area contributed by atoms with Crippen molar-refractivity contribution in [1.29, 1.82) is 0 Å². The number of hydrogen-bond acceptors (Lipinski definition) is 5. The summed E-state index contributed by atoms with van der Waals surface area (Å²) in [5, 5.41) is 8.40. The van der Waals surface area contributed by atoms with Crippen molar-refractivity contribution in [2.45, 2.75) is 0 Å². The Hall–Kier alpha value is -2.84. The SMILES string of the molecule is COc1ccc2[nH]cc(-c3cc(C(=O)NCCN4CCOCC4)nn3C)c2c1. The fourth-order valence-corrected chi connectivity index (χ4v) is 3.51. The Bertz CT molecular complexity index is 972. The number of morpholine rings is 1. The second-order valence-corrected chi connectivity index (χ2v) is 6.86. The van der Waals surface area contributed by atoms with Gasteiger partial charge in [0.1, 0.15) is 5.75 Å². The first-order valence-electron chi connectivity index (χ1n) is 9.43. The van der Waals surface area contributed by atoms with E-state index in [0.717, 1.165) is 60.8 Å². The molecule has 0 spiro atoms. The molecule has 1 amide bonds. The summed E-state index contributed by atoms with van der Waals surface area (Å²) < 4.78 is 12.4. The second kappa shape index (κ2) is 8.04. The highest BCUT2D eigenvalue weighted by Crippen LogP contribution is 2.31. The molecule has 4 rings (SSSR count). The van der Waals surface area contributed by atoms with Crippen LogP contribution in [0.3, 0.4) is 0 Å². The summed E-state index contributed by atoms with van der Waals surface area (Å²) in [4.78, 5) is 18.1. The molecule has 1 fully saturated rings. The fraction of sp³-hybridized carbons (Fsp3) is 0.400. The maximum atomic E-state index is 12.5. The number of fused-ring (bicyclic) bond motifs is 1. The van der Waals surface area contributed by atoms with Crippen LogP contribution in [0.1, 0.15) is 10.5 Å². The molecule has 3 heterocycles. The maximum Gasteiger partial charge on any atom is 0.271 e. The number of nitrogens with zero attached hydrogens (tertiary/aromatic N) is 3. The number of hydrogen-bond donors (Lipinski definition) is 2. The fourth-order valence-electron chi connectivity index (χ4n) is 3.51. The third-order valence-corrected chi connectivity index (χ3v) is 5.09. The van der Waals surface area contributed by atoms with Crippen molar-refractivity contribution in [3.8, 4) is 17.0 Å². The van der Waals surface area contributed by atoms with Crippen LogP contribution in [-0.4, -0.2) is 72.1 Å². The molecule has 148 valence electrons. The van der Waals surface area contributed by atoms with E-state index in [1.807, 2.05) is 37.5 Å². The molecule has 0 atom stereocenters. The highest BCUT2D eigenvalue weighted by atomic mass is 16.5. The van der Waals surface area contributed by atoms with Gasteiger partial charge in [-0.1, -0.05) is 0 Å². The van der Waals surface area contributed by atoms with E-state index in [-0.39, 0.29) is 5.91 Å². The Morgan fingerprint density at radius 3 is 2.93 bits per heavy atom. The predicted molar refractivity (Wildman–Crippen MR) is 107 cm³/mol. The van der Waals surface area contributed by atoms with Gasteiger partial charge in [-0.3, -0.25) is 14.4 Å². The Labute approximate surface area is 163 Å². The summed E-state index contributed by atoms with van der Waals surface area (Å²) in [5.41, 5.74) is 3.28. The highest BCUT2D eigenvalue weighted by Gasteiger charge is 2.17. The van der Waals surface area contributed by atoms with Crippen LogP contribution < -0.4 is 10.1 Å². The van der Waals surface area contributed by atoms with Gasteiger partial charge < -0.3 is 19.8 Å². The first-order chi connectivity index (χ1) is 13.7. The summed E-state index contributed by atoms with van der Waals surface area (Å²) in [5.74, 6) is 0.629. The van der Waals surface area contributed by atoms with Crippen LogP contribution in [0.15, 0.2) is 30.5 Å². The number of benzene rings is 1. The molecule has 1 saturated heterocycles. The number of aryl methyl sites for hydroxylation is 1. The molecular weight excluding hydrogens is 358 g/mol. The highest BCUT2D eigenvalue weighted by molar-refractivity contribution is 5.98. The van der Waals surface area contributed by atoms with E-state index in [1.165, 1.54) is 0 Å². The Balaban J connectivity index is 1.48. The molecule has 1 aromatic carbocycles. The average Bonchev–Trinajstić information content (AvgIpc) is 3.31. The van der Waals surface area contributed by atoms with Gasteiger partial charge in [-0.15, -0.1) is 0 Å². The molecule has 3 aromatic rings. The van der Waals surface area contributed by atoms with E-state index in [9.17, 15) is 4.79 Å². The number of ether oxygens (including phenoxy) is 2. The zero-order chi connectivity index (χ0) is 19.5. The molecule has 0 radical (unpaired) electrons. The Morgan fingerprint density at radius 2 is 2.14 bits per heavy atom. The van der Waals surface area contributed by atoms with Crippen molar-refractivity contribution in [2.75, 3.05) is 46.5 Å².